The van der Waals surface area contributed by atoms with Gasteiger partial charge >= 0.3 is 0 Å². The van der Waals surface area contributed by atoms with Crippen LogP contribution in [0.4, 0.5) is 0 Å². The fraction of sp³-hybridized carbons (Fsp3) is 0.500. The molecule has 0 aliphatic heterocycles. The van der Waals surface area contributed by atoms with Crippen molar-refractivity contribution < 1.29 is 8.42 Å². The summed E-state index contributed by atoms with van der Waals surface area (Å²) in [5.41, 5.74) is 2.44. The molecule has 1 aromatic rings. The molecule has 2 N–H and O–H groups in total. The normalized spacial score (nSPS) is 13.6. The van der Waals surface area contributed by atoms with Crippen LogP contribution in [-0.4, -0.2) is 27.8 Å². The molecule has 17 heavy (non-hydrogen) atoms. The van der Waals surface area contributed by atoms with Crippen LogP contribution >= 0.6 is 0 Å². The zero-order chi connectivity index (χ0) is 12.9. The van der Waals surface area contributed by atoms with Gasteiger partial charge in [0.25, 0.3) is 0 Å². The Kier molecular flexibility index (Phi) is 5.11. The van der Waals surface area contributed by atoms with Gasteiger partial charge in [0.1, 0.15) is 0 Å². The maximum absolute atomic E-state index is 10.9. The number of sulfonamides is 1. The lowest BCUT2D eigenvalue weighted by Gasteiger charge is -2.14. The Morgan fingerprint density at radius 2 is 2.00 bits per heavy atom. The van der Waals surface area contributed by atoms with Gasteiger partial charge in [-0.1, -0.05) is 29.8 Å². The van der Waals surface area contributed by atoms with Crippen molar-refractivity contribution in [2.75, 3.05) is 19.3 Å². The van der Waals surface area contributed by atoms with Gasteiger partial charge in [-0.05, 0) is 19.4 Å². The van der Waals surface area contributed by atoms with Crippen molar-refractivity contribution >= 4 is 10.0 Å². The summed E-state index contributed by atoms with van der Waals surface area (Å²) in [4.78, 5) is 0. The molecule has 1 unspecified atom stereocenters. The highest BCUT2D eigenvalue weighted by Gasteiger charge is 2.05. The SMILES string of the molecule is Cc1cccc(C(C)NCCNS(C)(=O)=O)c1. The summed E-state index contributed by atoms with van der Waals surface area (Å²) in [7, 11) is -3.08. The Hall–Kier alpha value is -0.910. The van der Waals surface area contributed by atoms with Gasteiger partial charge in [-0.15, -0.1) is 0 Å². The second-order valence-electron chi connectivity index (χ2n) is 4.26. The minimum Gasteiger partial charge on any atom is -0.309 e. The quantitative estimate of drug-likeness (QED) is 0.752. The number of nitrogens with one attached hydrogen (secondary N) is 2. The molecule has 0 fully saturated rings. The monoisotopic (exact) mass is 256 g/mol. The van der Waals surface area contributed by atoms with E-state index in [0.717, 1.165) is 6.26 Å². The Labute approximate surface area is 103 Å². The molecule has 5 heteroatoms. The van der Waals surface area contributed by atoms with E-state index >= 15 is 0 Å². The molecule has 0 heterocycles. The van der Waals surface area contributed by atoms with Crippen molar-refractivity contribution in [1.29, 1.82) is 0 Å². The van der Waals surface area contributed by atoms with E-state index in [1.165, 1.54) is 11.1 Å². The van der Waals surface area contributed by atoms with Crippen LogP contribution in [0.2, 0.25) is 0 Å². The van der Waals surface area contributed by atoms with E-state index in [0.29, 0.717) is 13.1 Å². The first-order valence-electron chi connectivity index (χ1n) is 5.63. The Morgan fingerprint density at radius 1 is 1.29 bits per heavy atom. The standard InChI is InChI=1S/C12H20N2O2S/c1-10-5-4-6-12(9-10)11(2)13-7-8-14-17(3,15)16/h4-6,9,11,13-14H,7-8H2,1-3H3. The van der Waals surface area contributed by atoms with Crippen LogP contribution in [-0.2, 0) is 10.0 Å². The van der Waals surface area contributed by atoms with Gasteiger partial charge in [-0.3, -0.25) is 0 Å². The van der Waals surface area contributed by atoms with Gasteiger partial charge < -0.3 is 5.32 Å². The highest BCUT2D eigenvalue weighted by atomic mass is 32.2. The van der Waals surface area contributed by atoms with E-state index in [-0.39, 0.29) is 6.04 Å². The van der Waals surface area contributed by atoms with Crippen LogP contribution in [0.1, 0.15) is 24.1 Å². The first-order valence-corrected chi connectivity index (χ1v) is 7.52. The minimum absolute atomic E-state index is 0.219. The van der Waals surface area contributed by atoms with Gasteiger partial charge in [0, 0.05) is 19.1 Å². The van der Waals surface area contributed by atoms with Crippen molar-refractivity contribution in [3.8, 4) is 0 Å². The zero-order valence-corrected chi connectivity index (χ0v) is 11.3. The van der Waals surface area contributed by atoms with Gasteiger partial charge in [0.2, 0.25) is 10.0 Å². The third-order valence-corrected chi connectivity index (χ3v) is 3.21. The lowest BCUT2D eigenvalue weighted by atomic mass is 10.1. The highest BCUT2D eigenvalue weighted by molar-refractivity contribution is 7.88. The molecule has 1 atom stereocenters. The van der Waals surface area contributed by atoms with Crippen LogP contribution in [0.3, 0.4) is 0 Å². The van der Waals surface area contributed by atoms with Crippen molar-refractivity contribution in [2.24, 2.45) is 0 Å². The number of hydrogen-bond donors (Lipinski definition) is 2. The Balaban J connectivity index is 2.38. The molecular formula is C12H20N2O2S. The van der Waals surface area contributed by atoms with Gasteiger partial charge in [0.05, 0.1) is 6.26 Å². The van der Waals surface area contributed by atoms with Gasteiger partial charge in [0.15, 0.2) is 0 Å². The predicted octanol–water partition coefficient (Wildman–Crippen LogP) is 1.19. The van der Waals surface area contributed by atoms with E-state index in [1.54, 1.807) is 0 Å². The second-order valence-corrected chi connectivity index (χ2v) is 6.09. The maximum atomic E-state index is 10.9. The van der Waals surface area contributed by atoms with Crippen LogP contribution in [0.25, 0.3) is 0 Å². The summed E-state index contributed by atoms with van der Waals surface area (Å²) in [5.74, 6) is 0. The van der Waals surface area contributed by atoms with Crippen LogP contribution < -0.4 is 10.0 Å². The molecule has 0 aliphatic carbocycles. The molecule has 96 valence electrons. The summed E-state index contributed by atoms with van der Waals surface area (Å²) in [6, 6.07) is 8.49. The first kappa shape index (κ1) is 14.2. The molecular weight excluding hydrogens is 236 g/mol. The largest absolute Gasteiger partial charge is 0.309 e. The molecule has 0 saturated heterocycles. The van der Waals surface area contributed by atoms with E-state index in [4.69, 9.17) is 0 Å². The average Bonchev–Trinajstić information content (AvgIpc) is 2.23. The highest BCUT2D eigenvalue weighted by Crippen LogP contribution is 2.12. The number of rotatable bonds is 6. The fourth-order valence-electron chi connectivity index (χ4n) is 1.58. The van der Waals surface area contributed by atoms with Crippen molar-refractivity contribution in [2.45, 2.75) is 19.9 Å². The molecule has 1 rings (SSSR count). The molecule has 4 nitrogen and oxygen atoms in total. The van der Waals surface area contributed by atoms with E-state index < -0.39 is 10.0 Å². The van der Waals surface area contributed by atoms with Crippen molar-refractivity contribution in [1.82, 2.24) is 10.0 Å². The smallest absolute Gasteiger partial charge is 0.208 e. The molecule has 0 aliphatic rings. The van der Waals surface area contributed by atoms with Crippen molar-refractivity contribution in [3.05, 3.63) is 35.4 Å². The van der Waals surface area contributed by atoms with Crippen LogP contribution in [0, 0.1) is 6.92 Å². The number of benzene rings is 1. The molecule has 0 aromatic heterocycles. The lowest BCUT2D eigenvalue weighted by Crippen LogP contribution is -2.32. The molecule has 0 spiro atoms. The Bertz CT molecular complexity index is 457. The van der Waals surface area contributed by atoms with Gasteiger partial charge in [-0.2, -0.15) is 0 Å². The minimum atomic E-state index is -3.08. The van der Waals surface area contributed by atoms with Crippen LogP contribution in [0.5, 0.6) is 0 Å². The fourth-order valence-corrected chi connectivity index (χ4v) is 2.06. The summed E-state index contributed by atoms with van der Waals surface area (Å²) in [6.45, 7) is 5.15. The molecule has 0 saturated carbocycles. The van der Waals surface area contributed by atoms with E-state index in [1.807, 2.05) is 6.07 Å². The summed E-state index contributed by atoms with van der Waals surface area (Å²) in [5, 5.41) is 3.27. The predicted molar refractivity (Wildman–Crippen MR) is 70.4 cm³/mol. The van der Waals surface area contributed by atoms with E-state index in [2.05, 4.69) is 42.1 Å². The average molecular weight is 256 g/mol. The number of hydrogen-bond acceptors (Lipinski definition) is 3. The van der Waals surface area contributed by atoms with E-state index in [9.17, 15) is 8.42 Å². The van der Waals surface area contributed by atoms with Gasteiger partial charge in [-0.25, -0.2) is 13.1 Å². The molecule has 1 aromatic carbocycles. The zero-order valence-electron chi connectivity index (χ0n) is 10.5. The lowest BCUT2D eigenvalue weighted by molar-refractivity contribution is 0.556. The summed E-state index contributed by atoms with van der Waals surface area (Å²) >= 11 is 0. The molecule has 0 amide bonds. The summed E-state index contributed by atoms with van der Waals surface area (Å²) in [6.07, 6.45) is 1.16. The second kappa shape index (κ2) is 6.14. The molecule has 0 radical (unpaired) electrons. The first-order chi connectivity index (χ1) is 7.88. The third kappa shape index (κ3) is 5.81. The maximum Gasteiger partial charge on any atom is 0.208 e. The third-order valence-electron chi connectivity index (χ3n) is 2.48. The topological polar surface area (TPSA) is 58.2 Å². The Morgan fingerprint density at radius 3 is 2.59 bits per heavy atom. The summed E-state index contributed by atoms with van der Waals surface area (Å²) < 4.78 is 24.2. The van der Waals surface area contributed by atoms with Crippen molar-refractivity contribution in [3.63, 3.8) is 0 Å². The molecule has 0 bridgehead atoms. The number of aryl methyl sites for hydroxylation is 1. The van der Waals surface area contributed by atoms with Crippen LogP contribution in [0.15, 0.2) is 24.3 Å².